The Hall–Kier alpha value is -0.960. The van der Waals surface area contributed by atoms with Crippen LogP contribution < -0.4 is 4.74 Å². The molecule has 2 nitrogen and oxygen atoms in total. The van der Waals surface area contributed by atoms with Crippen molar-refractivity contribution in [2.45, 2.75) is 51.2 Å². The molecule has 0 amide bonds. The Labute approximate surface area is 126 Å². The highest BCUT2D eigenvalue weighted by Gasteiger charge is 2.18. The van der Waals surface area contributed by atoms with E-state index in [-0.39, 0.29) is 5.78 Å². The topological polar surface area (TPSA) is 26.3 Å². The van der Waals surface area contributed by atoms with Crippen molar-refractivity contribution in [1.82, 2.24) is 0 Å². The zero-order chi connectivity index (χ0) is 14.5. The van der Waals surface area contributed by atoms with Crippen LogP contribution in [0.2, 0.25) is 0 Å². The molecular formula is C17H24O2S. The Kier molecular flexibility index (Phi) is 5.53. The van der Waals surface area contributed by atoms with Gasteiger partial charge in [-0.3, -0.25) is 4.79 Å². The summed E-state index contributed by atoms with van der Waals surface area (Å²) < 4.78 is 5.30. The molecule has 0 atom stereocenters. The fraction of sp³-hybridized carbons (Fsp3) is 0.588. The summed E-state index contributed by atoms with van der Waals surface area (Å²) in [6, 6.07) is 3.81. The number of Topliss-reactive ketones (excluding diaryl/α,β-unsaturated/α-hetero) is 1. The van der Waals surface area contributed by atoms with E-state index in [1.807, 2.05) is 37.7 Å². The molecule has 0 saturated heterocycles. The van der Waals surface area contributed by atoms with E-state index in [1.54, 1.807) is 7.11 Å². The maximum atomic E-state index is 12.4. The van der Waals surface area contributed by atoms with Crippen molar-refractivity contribution >= 4 is 17.5 Å². The van der Waals surface area contributed by atoms with Crippen LogP contribution in [0.5, 0.6) is 5.75 Å². The van der Waals surface area contributed by atoms with Crippen LogP contribution >= 0.6 is 11.8 Å². The molecule has 2 rings (SSSR count). The fourth-order valence-corrected chi connectivity index (χ4v) is 4.03. The summed E-state index contributed by atoms with van der Waals surface area (Å²) in [5, 5.41) is 0.687. The summed E-state index contributed by atoms with van der Waals surface area (Å²) in [4.78, 5) is 12.4. The summed E-state index contributed by atoms with van der Waals surface area (Å²) >= 11 is 1.84. The smallest absolute Gasteiger partial charge is 0.173 e. The number of thioether (sulfide) groups is 1. The number of rotatable bonds is 5. The summed E-state index contributed by atoms with van der Waals surface area (Å²) in [7, 11) is 1.67. The van der Waals surface area contributed by atoms with Gasteiger partial charge < -0.3 is 4.74 Å². The van der Waals surface area contributed by atoms with Gasteiger partial charge in [0.1, 0.15) is 5.75 Å². The van der Waals surface area contributed by atoms with E-state index >= 15 is 0 Å². The molecule has 0 radical (unpaired) electrons. The van der Waals surface area contributed by atoms with E-state index in [1.165, 1.54) is 32.1 Å². The third-order valence-corrected chi connectivity index (χ3v) is 5.63. The van der Waals surface area contributed by atoms with Crippen LogP contribution in [-0.4, -0.2) is 23.9 Å². The highest BCUT2D eigenvalue weighted by molar-refractivity contribution is 8.00. The van der Waals surface area contributed by atoms with Gasteiger partial charge in [0.15, 0.2) is 5.78 Å². The first-order chi connectivity index (χ1) is 9.63. The van der Waals surface area contributed by atoms with Gasteiger partial charge in [0.05, 0.1) is 12.9 Å². The van der Waals surface area contributed by atoms with Crippen LogP contribution in [0.15, 0.2) is 12.1 Å². The van der Waals surface area contributed by atoms with Crippen LogP contribution in [0.1, 0.15) is 53.6 Å². The van der Waals surface area contributed by atoms with Gasteiger partial charge in [-0.25, -0.2) is 0 Å². The third-order valence-electron chi connectivity index (χ3n) is 4.26. The van der Waals surface area contributed by atoms with Crippen LogP contribution in [0.3, 0.4) is 0 Å². The lowest BCUT2D eigenvalue weighted by atomic mass is 10.00. The van der Waals surface area contributed by atoms with E-state index in [0.717, 1.165) is 22.4 Å². The largest absolute Gasteiger partial charge is 0.496 e. The first-order valence-electron chi connectivity index (χ1n) is 7.42. The molecule has 1 fully saturated rings. The summed E-state index contributed by atoms with van der Waals surface area (Å²) in [5.74, 6) is 1.72. The minimum Gasteiger partial charge on any atom is -0.496 e. The molecule has 3 heteroatoms. The number of hydrogen-bond acceptors (Lipinski definition) is 3. The number of methoxy groups -OCH3 is 1. The number of carbonyl (C=O) groups is 1. The lowest BCUT2D eigenvalue weighted by molar-refractivity contribution is 0.102. The standard InChI is InChI=1S/C17H24O2S/c1-12-13(2)17(19-3)10-9-15(12)16(18)11-20-14-7-5-4-6-8-14/h9-10,14H,4-8,11H2,1-3H3. The Morgan fingerprint density at radius 2 is 1.90 bits per heavy atom. The first kappa shape index (κ1) is 15.4. The van der Waals surface area contributed by atoms with Crippen molar-refractivity contribution in [2.24, 2.45) is 0 Å². The van der Waals surface area contributed by atoms with Gasteiger partial charge in [0.2, 0.25) is 0 Å². The molecule has 0 spiro atoms. The molecule has 0 aliphatic heterocycles. The molecule has 0 unspecified atom stereocenters. The molecule has 1 aromatic rings. The molecular weight excluding hydrogens is 268 g/mol. The fourth-order valence-electron chi connectivity index (χ4n) is 2.82. The molecule has 1 aliphatic carbocycles. The van der Waals surface area contributed by atoms with Crippen LogP contribution in [0, 0.1) is 13.8 Å². The zero-order valence-electron chi connectivity index (χ0n) is 12.7. The second kappa shape index (κ2) is 7.16. The van der Waals surface area contributed by atoms with Crippen LogP contribution in [0.25, 0.3) is 0 Å². The van der Waals surface area contributed by atoms with E-state index in [4.69, 9.17) is 4.74 Å². The van der Waals surface area contributed by atoms with Crippen molar-refractivity contribution in [3.8, 4) is 5.75 Å². The lowest BCUT2D eigenvalue weighted by Crippen LogP contribution is -2.13. The highest BCUT2D eigenvalue weighted by atomic mass is 32.2. The second-order valence-corrected chi connectivity index (χ2v) is 6.85. The van der Waals surface area contributed by atoms with Gasteiger partial charge in [-0.2, -0.15) is 11.8 Å². The molecule has 1 aliphatic rings. The number of hydrogen-bond donors (Lipinski definition) is 0. The predicted octanol–water partition coefficient (Wildman–Crippen LogP) is 4.56. The SMILES string of the molecule is COc1ccc(C(=O)CSC2CCCCC2)c(C)c1C. The molecule has 0 N–H and O–H groups in total. The molecule has 0 aromatic heterocycles. The van der Waals surface area contributed by atoms with Gasteiger partial charge in [-0.15, -0.1) is 0 Å². The Morgan fingerprint density at radius 3 is 2.55 bits per heavy atom. The van der Waals surface area contributed by atoms with Gasteiger partial charge in [-0.05, 0) is 49.9 Å². The molecule has 20 heavy (non-hydrogen) atoms. The van der Waals surface area contributed by atoms with Crippen molar-refractivity contribution in [1.29, 1.82) is 0 Å². The Morgan fingerprint density at radius 1 is 1.20 bits per heavy atom. The van der Waals surface area contributed by atoms with Crippen molar-refractivity contribution in [3.05, 3.63) is 28.8 Å². The minimum absolute atomic E-state index is 0.254. The summed E-state index contributed by atoms with van der Waals surface area (Å²) in [5.41, 5.74) is 2.98. The number of benzene rings is 1. The molecule has 0 bridgehead atoms. The monoisotopic (exact) mass is 292 g/mol. The lowest BCUT2D eigenvalue weighted by Gasteiger charge is -2.20. The molecule has 0 heterocycles. The minimum atomic E-state index is 0.254. The Balaban J connectivity index is 2.00. The third kappa shape index (κ3) is 3.57. The van der Waals surface area contributed by atoms with E-state index < -0.39 is 0 Å². The number of carbonyl (C=O) groups excluding carboxylic acids is 1. The van der Waals surface area contributed by atoms with Crippen molar-refractivity contribution < 1.29 is 9.53 Å². The van der Waals surface area contributed by atoms with Gasteiger partial charge in [0, 0.05) is 10.8 Å². The zero-order valence-corrected chi connectivity index (χ0v) is 13.5. The highest BCUT2D eigenvalue weighted by Crippen LogP contribution is 2.30. The van der Waals surface area contributed by atoms with Crippen LogP contribution in [0.4, 0.5) is 0 Å². The molecule has 1 aromatic carbocycles. The van der Waals surface area contributed by atoms with Gasteiger partial charge >= 0.3 is 0 Å². The Bertz CT molecular complexity index is 476. The maximum Gasteiger partial charge on any atom is 0.173 e. The number of ether oxygens (including phenoxy) is 1. The van der Waals surface area contributed by atoms with Crippen molar-refractivity contribution in [3.63, 3.8) is 0 Å². The summed E-state index contributed by atoms with van der Waals surface area (Å²) in [6.45, 7) is 4.02. The quantitative estimate of drug-likeness (QED) is 0.744. The summed E-state index contributed by atoms with van der Waals surface area (Å²) in [6.07, 6.45) is 6.57. The average molecular weight is 292 g/mol. The number of ketones is 1. The average Bonchev–Trinajstić information content (AvgIpc) is 2.48. The van der Waals surface area contributed by atoms with Crippen molar-refractivity contribution in [2.75, 3.05) is 12.9 Å². The van der Waals surface area contributed by atoms with Gasteiger partial charge in [0.25, 0.3) is 0 Å². The normalized spacial score (nSPS) is 16.1. The van der Waals surface area contributed by atoms with E-state index in [2.05, 4.69) is 0 Å². The first-order valence-corrected chi connectivity index (χ1v) is 8.47. The molecule has 1 saturated carbocycles. The van der Waals surface area contributed by atoms with E-state index in [9.17, 15) is 4.79 Å². The van der Waals surface area contributed by atoms with Crippen LogP contribution in [-0.2, 0) is 0 Å². The maximum absolute atomic E-state index is 12.4. The predicted molar refractivity (Wildman–Crippen MR) is 86.1 cm³/mol. The molecule has 110 valence electrons. The second-order valence-electron chi connectivity index (χ2n) is 5.56. The van der Waals surface area contributed by atoms with E-state index in [0.29, 0.717) is 11.0 Å². The van der Waals surface area contributed by atoms with Gasteiger partial charge in [-0.1, -0.05) is 19.3 Å².